The number of hydrogen-bond acceptors (Lipinski definition) is 4. The van der Waals surface area contributed by atoms with Gasteiger partial charge < -0.3 is 4.74 Å². The molecule has 2 fully saturated rings. The molecule has 32 heavy (non-hydrogen) atoms. The van der Waals surface area contributed by atoms with Gasteiger partial charge in [0.05, 0.1) is 6.07 Å². The summed E-state index contributed by atoms with van der Waals surface area (Å²) < 4.78 is 5.88. The highest BCUT2D eigenvalue weighted by Crippen LogP contribution is 2.60. The van der Waals surface area contributed by atoms with Crippen LogP contribution in [0.25, 0.3) is 0 Å². The molecule has 2 aliphatic heterocycles. The summed E-state index contributed by atoms with van der Waals surface area (Å²) in [6.07, 6.45) is 1.77. The van der Waals surface area contributed by atoms with Gasteiger partial charge in [-0.15, -0.1) is 0 Å². The molecule has 0 radical (unpaired) electrons. The van der Waals surface area contributed by atoms with Crippen molar-refractivity contribution in [3.63, 3.8) is 0 Å². The van der Waals surface area contributed by atoms with E-state index in [-0.39, 0.29) is 17.9 Å². The van der Waals surface area contributed by atoms with E-state index in [1.54, 1.807) is 0 Å². The predicted octanol–water partition coefficient (Wildman–Crippen LogP) is 6.32. The van der Waals surface area contributed by atoms with Crippen molar-refractivity contribution >= 4 is 29.2 Å². The Bertz CT molecular complexity index is 1060. The first-order chi connectivity index (χ1) is 15.2. The van der Waals surface area contributed by atoms with Crippen molar-refractivity contribution in [2.75, 3.05) is 0 Å². The zero-order chi connectivity index (χ0) is 23.3. The average molecular weight is 471 g/mol. The Kier molecular flexibility index (Phi) is 6.05. The number of cyclic esters (lactones) is 1. The highest BCUT2D eigenvalue weighted by atomic mass is 35.5. The molecule has 0 aromatic heterocycles. The summed E-state index contributed by atoms with van der Waals surface area (Å²) in [5.41, 5.74) is -0.0686. The second kappa shape index (κ2) is 8.37. The number of halogens is 2. The molecule has 2 aromatic rings. The van der Waals surface area contributed by atoms with Crippen LogP contribution in [-0.2, 0) is 14.9 Å². The Hall–Kier alpha value is -2.06. The van der Waals surface area contributed by atoms with Gasteiger partial charge in [-0.25, -0.2) is 4.90 Å². The van der Waals surface area contributed by atoms with Gasteiger partial charge in [0, 0.05) is 22.0 Å². The number of nitrogens with zero attached hydrogens (tertiary/aromatic N) is 2. The third-order valence-electron chi connectivity index (χ3n) is 7.30. The fourth-order valence-corrected chi connectivity index (χ4v) is 6.35. The van der Waals surface area contributed by atoms with E-state index >= 15 is 0 Å². The predicted molar refractivity (Wildman–Crippen MR) is 127 cm³/mol. The number of esters is 1. The molecule has 2 aliphatic rings. The number of ether oxygens (including phenoxy) is 1. The van der Waals surface area contributed by atoms with Crippen LogP contribution in [0.15, 0.2) is 48.5 Å². The van der Waals surface area contributed by atoms with Gasteiger partial charge >= 0.3 is 5.97 Å². The minimum absolute atomic E-state index is 0.186. The number of nitriles is 1. The molecule has 168 valence electrons. The summed E-state index contributed by atoms with van der Waals surface area (Å²) in [6.45, 7) is 8.13. The molecular weight excluding hydrogens is 443 g/mol. The number of hydrogen-bond donors (Lipinski definition) is 0. The number of rotatable bonds is 5. The third kappa shape index (κ3) is 3.34. The molecule has 2 heterocycles. The summed E-state index contributed by atoms with van der Waals surface area (Å²) in [6, 6.07) is 17.0. The van der Waals surface area contributed by atoms with Crippen LogP contribution < -0.4 is 0 Å². The van der Waals surface area contributed by atoms with Gasteiger partial charge in [-0.2, -0.15) is 5.26 Å². The maximum absolute atomic E-state index is 13.3. The van der Waals surface area contributed by atoms with Crippen molar-refractivity contribution in [1.82, 2.24) is 4.90 Å². The monoisotopic (exact) mass is 470 g/mol. The van der Waals surface area contributed by atoms with Gasteiger partial charge in [0.2, 0.25) is 0 Å². The van der Waals surface area contributed by atoms with E-state index in [4.69, 9.17) is 27.9 Å². The summed E-state index contributed by atoms with van der Waals surface area (Å²) in [7, 11) is 0. The topological polar surface area (TPSA) is 53.3 Å². The van der Waals surface area contributed by atoms with Crippen LogP contribution in [0.5, 0.6) is 0 Å². The molecule has 0 unspecified atom stereocenters. The van der Waals surface area contributed by atoms with Crippen LogP contribution >= 0.6 is 23.2 Å². The van der Waals surface area contributed by atoms with Crippen LogP contribution in [0.4, 0.5) is 0 Å². The highest BCUT2D eigenvalue weighted by Gasteiger charge is 2.70. The Labute approximate surface area is 200 Å². The molecule has 6 heteroatoms. The van der Waals surface area contributed by atoms with Crippen LogP contribution in [0.3, 0.4) is 0 Å². The second-order valence-corrected chi connectivity index (χ2v) is 10.1. The smallest absolute Gasteiger partial charge is 0.325 e. The summed E-state index contributed by atoms with van der Waals surface area (Å²) in [4.78, 5) is 15.5. The van der Waals surface area contributed by atoms with Crippen LogP contribution in [0, 0.1) is 17.2 Å². The molecule has 0 aliphatic carbocycles. The Morgan fingerprint density at radius 2 is 1.75 bits per heavy atom. The van der Waals surface area contributed by atoms with Gasteiger partial charge in [0.1, 0.15) is 11.5 Å². The van der Waals surface area contributed by atoms with Crippen molar-refractivity contribution in [3.8, 4) is 6.07 Å². The normalized spacial score (nSPS) is 29.1. The van der Waals surface area contributed by atoms with Crippen molar-refractivity contribution in [1.29, 1.82) is 5.26 Å². The van der Waals surface area contributed by atoms with Gasteiger partial charge in [0.15, 0.2) is 5.72 Å². The van der Waals surface area contributed by atoms with Gasteiger partial charge in [-0.3, -0.25) is 4.79 Å². The fraction of sp³-hybridized carbons (Fsp3) is 0.462. The second-order valence-electron chi connectivity index (χ2n) is 9.26. The quantitative estimate of drug-likeness (QED) is 0.479. The first kappa shape index (κ1) is 23.1. The number of fused-ring (bicyclic) bond motifs is 1. The molecular formula is C26H28Cl2N2O2. The zero-order valence-corrected chi connectivity index (χ0v) is 20.3. The molecule has 2 saturated heterocycles. The lowest BCUT2D eigenvalue weighted by Gasteiger charge is -2.43. The Morgan fingerprint density at radius 1 is 1.09 bits per heavy atom. The lowest BCUT2D eigenvalue weighted by atomic mass is 9.62. The van der Waals surface area contributed by atoms with E-state index in [1.807, 2.05) is 62.4 Å². The minimum atomic E-state index is -0.979. The average Bonchev–Trinajstić information content (AvgIpc) is 3.19. The lowest BCUT2D eigenvalue weighted by molar-refractivity contribution is -0.152. The minimum Gasteiger partial charge on any atom is -0.443 e. The van der Waals surface area contributed by atoms with Crippen LogP contribution in [0.2, 0.25) is 10.0 Å². The van der Waals surface area contributed by atoms with Gasteiger partial charge in [-0.05, 0) is 55.2 Å². The summed E-state index contributed by atoms with van der Waals surface area (Å²) in [5.74, 6) is -0.542. The third-order valence-corrected chi connectivity index (χ3v) is 7.78. The van der Waals surface area contributed by atoms with E-state index in [1.165, 1.54) is 0 Å². The van der Waals surface area contributed by atoms with Gasteiger partial charge in [0.25, 0.3) is 0 Å². The standard InChI is InChI=1S/C26H28Cl2N2O2/c1-5-16(6-2)23-26(15-29,18-10-12-19(27)13-11-18)21(17-8-7-9-20(28)14-17)22-24(31)32-25(3,4)30(22)23/h7-14,16,21-23H,5-6H2,1-4H3/t21-,22+,23+,26+/m0/s1. The molecule has 4 atom stereocenters. The fourth-order valence-electron chi connectivity index (χ4n) is 6.02. The maximum atomic E-state index is 13.3. The van der Waals surface area contributed by atoms with E-state index in [2.05, 4.69) is 24.8 Å². The Morgan fingerprint density at radius 3 is 2.31 bits per heavy atom. The number of carbonyl (C=O) groups excluding carboxylic acids is 1. The number of carbonyl (C=O) groups is 1. The van der Waals surface area contributed by atoms with E-state index in [0.29, 0.717) is 10.0 Å². The Balaban J connectivity index is 2.08. The summed E-state index contributed by atoms with van der Waals surface area (Å²) in [5, 5.41) is 12.2. The molecule has 0 N–H and O–H groups in total. The molecule has 0 amide bonds. The molecule has 0 spiro atoms. The van der Waals surface area contributed by atoms with Crippen molar-refractivity contribution in [2.24, 2.45) is 5.92 Å². The molecule has 0 bridgehead atoms. The first-order valence-electron chi connectivity index (χ1n) is 11.1. The SMILES string of the molecule is CCC(CC)[C@H]1N2[C@@H](C(=O)OC2(C)C)[C@H](c2cccc(Cl)c2)[C@@]1(C#N)c1ccc(Cl)cc1. The summed E-state index contributed by atoms with van der Waals surface area (Å²) >= 11 is 12.6. The van der Waals surface area contributed by atoms with E-state index < -0.39 is 23.1 Å². The van der Waals surface area contributed by atoms with Crippen LogP contribution in [0.1, 0.15) is 57.6 Å². The van der Waals surface area contributed by atoms with Crippen LogP contribution in [-0.4, -0.2) is 28.7 Å². The molecule has 4 rings (SSSR count). The van der Waals surface area contributed by atoms with Gasteiger partial charge in [-0.1, -0.05) is 74.2 Å². The maximum Gasteiger partial charge on any atom is 0.325 e. The first-order valence-corrected chi connectivity index (χ1v) is 11.9. The highest BCUT2D eigenvalue weighted by molar-refractivity contribution is 6.30. The van der Waals surface area contributed by atoms with Crippen molar-refractivity contribution < 1.29 is 9.53 Å². The van der Waals surface area contributed by atoms with Crippen molar-refractivity contribution in [3.05, 3.63) is 69.7 Å². The zero-order valence-electron chi connectivity index (χ0n) is 18.8. The van der Waals surface area contributed by atoms with E-state index in [0.717, 1.165) is 24.0 Å². The van der Waals surface area contributed by atoms with Crippen molar-refractivity contribution in [2.45, 2.75) is 69.7 Å². The molecule has 0 saturated carbocycles. The lowest BCUT2D eigenvalue weighted by Crippen LogP contribution is -2.54. The van der Waals surface area contributed by atoms with E-state index in [9.17, 15) is 10.1 Å². The molecule has 4 nitrogen and oxygen atoms in total. The largest absolute Gasteiger partial charge is 0.443 e. The molecule has 2 aromatic carbocycles. The number of benzene rings is 2.